The number of aryl methyl sites for hydroxylation is 1. The third kappa shape index (κ3) is 4.49. The molecule has 7 nitrogen and oxygen atoms in total. The van der Waals surface area contributed by atoms with E-state index in [2.05, 4.69) is 37.3 Å². The van der Waals surface area contributed by atoms with Crippen molar-refractivity contribution in [1.82, 2.24) is 24.2 Å². The number of hydrogen-bond donors (Lipinski definition) is 1. The molecule has 1 N–H and O–H groups in total. The van der Waals surface area contributed by atoms with Crippen LogP contribution in [0.3, 0.4) is 0 Å². The predicted octanol–water partition coefficient (Wildman–Crippen LogP) is 4.49. The second-order valence-electron chi connectivity index (χ2n) is 8.40. The van der Waals surface area contributed by atoms with E-state index in [1.165, 1.54) is 0 Å². The Morgan fingerprint density at radius 3 is 2.87 bits per heavy atom. The van der Waals surface area contributed by atoms with Crippen LogP contribution in [-0.4, -0.2) is 43.2 Å². The fourth-order valence-corrected chi connectivity index (χ4v) is 5.22. The lowest BCUT2D eigenvalue weighted by molar-refractivity contribution is -0.121. The number of thiophene rings is 1. The number of amides is 1. The zero-order chi connectivity index (χ0) is 21.4. The number of rotatable bonds is 6. The minimum atomic E-state index is -0.0625. The van der Waals surface area contributed by atoms with Crippen molar-refractivity contribution in [1.29, 1.82) is 0 Å². The first-order valence-electron chi connectivity index (χ1n) is 10.8. The largest absolute Gasteiger partial charge is 0.310 e. The number of anilines is 1. The standard InChI is InChI=1S/C22H26N6OS2/c1-15-5-2-8-19(23-15)24-21(29)16-6-3-11-26(13-16)14-27-22(30)28(17-9-10-17)20(25-27)18-7-4-12-31-18/h2,4-5,7-8,12,16-17H,3,6,9-11,13-14H2,1H3,(H,23,24,29). The highest BCUT2D eigenvalue weighted by molar-refractivity contribution is 7.71. The Morgan fingerprint density at radius 2 is 2.13 bits per heavy atom. The SMILES string of the molecule is Cc1cccc(NC(=O)C2CCCN(Cn3nc(-c4cccs4)n(C4CC4)c3=S)C2)n1. The van der Waals surface area contributed by atoms with Crippen LogP contribution in [0, 0.1) is 17.6 Å². The predicted molar refractivity (Wildman–Crippen MR) is 125 cm³/mol. The van der Waals surface area contributed by atoms with E-state index >= 15 is 0 Å². The average Bonchev–Trinajstić information content (AvgIpc) is 3.33. The molecule has 2 fully saturated rings. The van der Waals surface area contributed by atoms with Gasteiger partial charge in [0.2, 0.25) is 5.91 Å². The lowest BCUT2D eigenvalue weighted by atomic mass is 9.97. The van der Waals surface area contributed by atoms with Gasteiger partial charge in [-0.3, -0.25) is 14.3 Å². The lowest BCUT2D eigenvalue weighted by Crippen LogP contribution is -2.41. The van der Waals surface area contributed by atoms with Crippen LogP contribution in [0.2, 0.25) is 0 Å². The number of aromatic nitrogens is 4. The Hall–Kier alpha value is -2.36. The Morgan fingerprint density at radius 1 is 1.26 bits per heavy atom. The number of hydrogen-bond acceptors (Lipinski definition) is 6. The molecule has 4 heterocycles. The molecular formula is C22H26N6OS2. The van der Waals surface area contributed by atoms with Gasteiger partial charge in [-0.05, 0) is 74.9 Å². The monoisotopic (exact) mass is 454 g/mol. The molecule has 162 valence electrons. The van der Waals surface area contributed by atoms with Gasteiger partial charge in [0.1, 0.15) is 5.82 Å². The number of piperidine rings is 1. The molecule has 1 aliphatic carbocycles. The summed E-state index contributed by atoms with van der Waals surface area (Å²) in [6.45, 7) is 4.18. The van der Waals surface area contributed by atoms with Gasteiger partial charge in [-0.25, -0.2) is 9.67 Å². The van der Waals surface area contributed by atoms with Crippen molar-refractivity contribution in [2.45, 2.75) is 45.3 Å². The van der Waals surface area contributed by atoms with Gasteiger partial charge >= 0.3 is 0 Å². The Balaban J connectivity index is 1.30. The minimum absolute atomic E-state index is 0.0363. The van der Waals surface area contributed by atoms with Crippen LogP contribution in [-0.2, 0) is 11.5 Å². The van der Waals surface area contributed by atoms with Gasteiger partial charge in [-0.15, -0.1) is 16.4 Å². The first-order valence-corrected chi connectivity index (χ1v) is 12.1. The molecule has 1 saturated carbocycles. The van der Waals surface area contributed by atoms with Gasteiger partial charge in [0, 0.05) is 18.3 Å². The Kier molecular flexibility index (Phi) is 5.73. The van der Waals surface area contributed by atoms with Crippen LogP contribution in [0.1, 0.15) is 37.4 Å². The van der Waals surface area contributed by atoms with Crippen LogP contribution < -0.4 is 5.32 Å². The van der Waals surface area contributed by atoms with Gasteiger partial charge < -0.3 is 5.32 Å². The molecule has 0 aromatic carbocycles. The van der Waals surface area contributed by atoms with E-state index in [0.717, 1.165) is 53.4 Å². The second-order valence-corrected chi connectivity index (χ2v) is 9.71. The van der Waals surface area contributed by atoms with E-state index in [-0.39, 0.29) is 11.8 Å². The Bertz CT molecular complexity index is 1130. The first kappa shape index (κ1) is 20.5. The fraction of sp³-hybridized carbons (Fsp3) is 0.455. The summed E-state index contributed by atoms with van der Waals surface area (Å²) in [7, 11) is 0. The van der Waals surface area contributed by atoms with Crippen LogP contribution in [0.15, 0.2) is 35.7 Å². The third-order valence-electron chi connectivity index (χ3n) is 5.87. The summed E-state index contributed by atoms with van der Waals surface area (Å²) in [6, 6.07) is 10.3. The van der Waals surface area contributed by atoms with E-state index in [1.807, 2.05) is 29.8 Å². The molecule has 1 atom stereocenters. The van der Waals surface area contributed by atoms with Crippen LogP contribution in [0.4, 0.5) is 5.82 Å². The maximum absolute atomic E-state index is 12.8. The smallest absolute Gasteiger partial charge is 0.229 e. The zero-order valence-electron chi connectivity index (χ0n) is 17.5. The molecule has 9 heteroatoms. The van der Waals surface area contributed by atoms with Crippen molar-refractivity contribution in [3.05, 3.63) is 46.2 Å². The summed E-state index contributed by atoms with van der Waals surface area (Å²) in [5.41, 5.74) is 0.894. The minimum Gasteiger partial charge on any atom is -0.310 e. The summed E-state index contributed by atoms with van der Waals surface area (Å²) in [5, 5.41) is 9.94. The molecule has 0 radical (unpaired) electrons. The maximum Gasteiger partial charge on any atom is 0.229 e. The summed E-state index contributed by atoms with van der Waals surface area (Å²) in [6.07, 6.45) is 4.19. The van der Waals surface area contributed by atoms with Gasteiger partial charge in [-0.1, -0.05) is 12.1 Å². The molecule has 0 bridgehead atoms. The van der Waals surface area contributed by atoms with Gasteiger partial charge in [-0.2, -0.15) is 0 Å². The highest BCUT2D eigenvalue weighted by atomic mass is 32.1. The summed E-state index contributed by atoms with van der Waals surface area (Å²) < 4.78 is 4.94. The maximum atomic E-state index is 12.8. The van der Waals surface area contributed by atoms with Crippen molar-refractivity contribution < 1.29 is 4.79 Å². The Labute approximate surface area is 190 Å². The first-order chi connectivity index (χ1) is 15.1. The number of likely N-dealkylation sites (tertiary alicyclic amines) is 1. The molecule has 31 heavy (non-hydrogen) atoms. The van der Waals surface area contributed by atoms with Crippen molar-refractivity contribution in [2.24, 2.45) is 5.92 Å². The number of carbonyl (C=O) groups excluding carboxylic acids is 1. The molecule has 3 aromatic heterocycles. The summed E-state index contributed by atoms with van der Waals surface area (Å²) in [5.74, 6) is 1.56. The van der Waals surface area contributed by atoms with E-state index in [4.69, 9.17) is 17.3 Å². The van der Waals surface area contributed by atoms with E-state index in [1.54, 1.807) is 11.3 Å². The molecule has 3 aromatic rings. The average molecular weight is 455 g/mol. The molecule has 1 aliphatic heterocycles. The fourth-order valence-electron chi connectivity index (χ4n) is 4.18. The molecule has 0 spiro atoms. The molecule has 1 unspecified atom stereocenters. The van der Waals surface area contributed by atoms with Gasteiger partial charge in [0.05, 0.1) is 17.5 Å². The summed E-state index contributed by atoms with van der Waals surface area (Å²) in [4.78, 5) is 20.7. The van der Waals surface area contributed by atoms with E-state index in [0.29, 0.717) is 25.1 Å². The van der Waals surface area contributed by atoms with Crippen LogP contribution in [0.25, 0.3) is 10.7 Å². The normalized spacial score (nSPS) is 19.5. The molecule has 1 saturated heterocycles. The number of pyridine rings is 1. The van der Waals surface area contributed by atoms with Crippen molar-refractivity contribution >= 4 is 35.3 Å². The molecule has 1 amide bonds. The molecular weight excluding hydrogens is 428 g/mol. The number of carbonyl (C=O) groups is 1. The molecule has 2 aliphatic rings. The van der Waals surface area contributed by atoms with Crippen molar-refractivity contribution in [3.63, 3.8) is 0 Å². The quantitative estimate of drug-likeness (QED) is 0.556. The molecule has 5 rings (SSSR count). The van der Waals surface area contributed by atoms with Gasteiger partial charge in [0.15, 0.2) is 10.6 Å². The third-order valence-corrected chi connectivity index (χ3v) is 7.15. The topological polar surface area (TPSA) is 68.0 Å². The zero-order valence-corrected chi connectivity index (χ0v) is 19.2. The van der Waals surface area contributed by atoms with E-state index < -0.39 is 0 Å². The highest BCUT2D eigenvalue weighted by Crippen LogP contribution is 2.39. The van der Waals surface area contributed by atoms with Crippen LogP contribution >= 0.6 is 23.6 Å². The number of nitrogens with one attached hydrogen (secondary N) is 1. The van der Waals surface area contributed by atoms with Gasteiger partial charge in [0.25, 0.3) is 0 Å². The number of nitrogens with zero attached hydrogens (tertiary/aromatic N) is 5. The second kappa shape index (κ2) is 8.64. The van der Waals surface area contributed by atoms with E-state index in [9.17, 15) is 4.79 Å². The highest BCUT2D eigenvalue weighted by Gasteiger charge is 2.31. The van der Waals surface area contributed by atoms with Crippen molar-refractivity contribution in [2.75, 3.05) is 18.4 Å². The van der Waals surface area contributed by atoms with Crippen LogP contribution in [0.5, 0.6) is 0 Å². The lowest BCUT2D eigenvalue weighted by Gasteiger charge is -2.31. The summed E-state index contributed by atoms with van der Waals surface area (Å²) >= 11 is 7.50. The van der Waals surface area contributed by atoms with Crippen molar-refractivity contribution in [3.8, 4) is 10.7 Å².